The average molecular weight is 418 g/mol. The van der Waals surface area contributed by atoms with Gasteiger partial charge in [0.25, 0.3) is 11.8 Å². The summed E-state index contributed by atoms with van der Waals surface area (Å²) < 4.78 is 13.3. The number of carbonyl (C=O) groups is 3. The molecular formula is C20H23FN4O3S. The first-order valence-corrected chi connectivity index (χ1v) is 10.1. The molecule has 3 rings (SSSR count). The molecule has 2 aromatic rings. The molecule has 1 aliphatic heterocycles. The van der Waals surface area contributed by atoms with Crippen molar-refractivity contribution in [2.24, 2.45) is 0 Å². The molecular weight excluding hydrogens is 395 g/mol. The number of carbonyl (C=O) groups excluding carboxylic acids is 3. The van der Waals surface area contributed by atoms with Crippen LogP contribution in [0, 0.1) is 12.7 Å². The van der Waals surface area contributed by atoms with E-state index in [-0.39, 0.29) is 17.4 Å². The largest absolute Gasteiger partial charge is 0.358 e. The zero-order chi connectivity index (χ0) is 21.0. The van der Waals surface area contributed by atoms with Crippen LogP contribution >= 0.6 is 11.3 Å². The highest BCUT2D eigenvalue weighted by Gasteiger charge is 2.25. The fourth-order valence-corrected chi connectivity index (χ4v) is 4.14. The van der Waals surface area contributed by atoms with Gasteiger partial charge in [-0.15, -0.1) is 11.3 Å². The third-order valence-electron chi connectivity index (χ3n) is 4.74. The molecule has 1 aromatic carbocycles. The van der Waals surface area contributed by atoms with Crippen LogP contribution in [-0.4, -0.2) is 67.3 Å². The number of benzene rings is 1. The second-order valence-corrected chi connectivity index (χ2v) is 7.88. The topological polar surface area (TPSA) is 81.8 Å². The first-order chi connectivity index (χ1) is 13.9. The Balaban J connectivity index is 1.62. The number of thiophene rings is 1. The summed E-state index contributed by atoms with van der Waals surface area (Å²) in [5.74, 6) is -1.03. The van der Waals surface area contributed by atoms with E-state index in [0.29, 0.717) is 42.6 Å². The van der Waals surface area contributed by atoms with E-state index in [2.05, 4.69) is 10.6 Å². The maximum Gasteiger partial charge on any atom is 0.264 e. The molecule has 0 unspecified atom stereocenters. The predicted octanol–water partition coefficient (Wildman–Crippen LogP) is 1.95. The lowest BCUT2D eigenvalue weighted by atomic mass is 10.2. The average Bonchev–Trinajstić information content (AvgIpc) is 3.07. The minimum Gasteiger partial charge on any atom is -0.358 e. The smallest absolute Gasteiger partial charge is 0.264 e. The minimum absolute atomic E-state index is 0.0439. The zero-order valence-corrected chi connectivity index (χ0v) is 17.1. The van der Waals surface area contributed by atoms with Crippen molar-refractivity contribution in [2.45, 2.75) is 6.92 Å². The van der Waals surface area contributed by atoms with Gasteiger partial charge in [-0.2, -0.15) is 0 Å². The molecule has 1 fully saturated rings. The van der Waals surface area contributed by atoms with Crippen LogP contribution in [0.15, 0.2) is 30.3 Å². The second kappa shape index (κ2) is 9.15. The van der Waals surface area contributed by atoms with Crippen molar-refractivity contribution in [2.75, 3.05) is 45.1 Å². The van der Waals surface area contributed by atoms with Gasteiger partial charge in [-0.25, -0.2) is 4.39 Å². The number of amides is 3. The van der Waals surface area contributed by atoms with Gasteiger partial charge in [0.2, 0.25) is 5.91 Å². The van der Waals surface area contributed by atoms with Crippen LogP contribution in [-0.2, 0) is 4.79 Å². The third kappa shape index (κ3) is 5.18. The van der Waals surface area contributed by atoms with Gasteiger partial charge in [0.1, 0.15) is 5.82 Å². The number of rotatable bonds is 5. The number of likely N-dealkylation sites (N-methyl/N-ethyl adjacent to an activating group) is 1. The Hall–Kier alpha value is -2.78. The summed E-state index contributed by atoms with van der Waals surface area (Å²) in [5, 5.41) is 5.87. The van der Waals surface area contributed by atoms with Gasteiger partial charge < -0.3 is 15.5 Å². The zero-order valence-electron chi connectivity index (χ0n) is 16.3. The summed E-state index contributed by atoms with van der Waals surface area (Å²) in [6.07, 6.45) is 0. The third-order valence-corrected chi connectivity index (χ3v) is 5.88. The fraction of sp³-hybridized carbons (Fsp3) is 0.350. The molecule has 0 aliphatic carbocycles. The lowest BCUT2D eigenvalue weighted by molar-refractivity contribution is -0.122. The molecule has 2 heterocycles. The molecule has 1 saturated heterocycles. The predicted molar refractivity (Wildman–Crippen MR) is 110 cm³/mol. The summed E-state index contributed by atoms with van der Waals surface area (Å²) >= 11 is 1.21. The van der Waals surface area contributed by atoms with Crippen molar-refractivity contribution in [3.63, 3.8) is 0 Å². The Bertz CT molecular complexity index is 922. The Kier molecular flexibility index (Phi) is 6.60. The van der Waals surface area contributed by atoms with Crippen LogP contribution in [0.2, 0.25) is 0 Å². The van der Waals surface area contributed by atoms with Gasteiger partial charge in [-0.3, -0.25) is 19.3 Å². The molecule has 0 radical (unpaired) electrons. The van der Waals surface area contributed by atoms with Crippen LogP contribution in [0.5, 0.6) is 0 Å². The number of aryl methyl sites for hydroxylation is 1. The van der Waals surface area contributed by atoms with E-state index in [1.807, 2.05) is 11.8 Å². The number of hydrogen-bond donors (Lipinski definition) is 2. The van der Waals surface area contributed by atoms with E-state index in [1.54, 1.807) is 18.0 Å². The van der Waals surface area contributed by atoms with Gasteiger partial charge in [0, 0.05) is 38.8 Å². The van der Waals surface area contributed by atoms with E-state index in [9.17, 15) is 18.8 Å². The van der Waals surface area contributed by atoms with E-state index >= 15 is 0 Å². The quantitative estimate of drug-likeness (QED) is 0.778. The molecule has 154 valence electrons. The molecule has 0 atom stereocenters. The molecule has 29 heavy (non-hydrogen) atoms. The van der Waals surface area contributed by atoms with Gasteiger partial charge in [0.05, 0.1) is 16.4 Å². The molecule has 2 N–H and O–H groups in total. The van der Waals surface area contributed by atoms with Crippen LogP contribution in [0.1, 0.15) is 25.6 Å². The standard InChI is InChI=1S/C20H23FN4O3S/c1-13-10-17(23-19(27)14-4-3-5-15(21)11-14)29-18(13)20(28)25-8-6-24(7-9-25)12-16(26)22-2/h3-5,10-11H,6-9,12H2,1-2H3,(H,22,26)(H,23,27). The van der Waals surface area contributed by atoms with Gasteiger partial charge in [-0.1, -0.05) is 6.07 Å². The number of hydrogen-bond acceptors (Lipinski definition) is 5. The van der Waals surface area contributed by atoms with Crippen molar-refractivity contribution in [1.82, 2.24) is 15.1 Å². The van der Waals surface area contributed by atoms with Crippen molar-refractivity contribution >= 4 is 34.1 Å². The van der Waals surface area contributed by atoms with Crippen LogP contribution in [0.25, 0.3) is 0 Å². The summed E-state index contributed by atoms with van der Waals surface area (Å²) in [5.41, 5.74) is 0.999. The fourth-order valence-electron chi connectivity index (χ4n) is 3.10. The van der Waals surface area contributed by atoms with Crippen molar-refractivity contribution in [1.29, 1.82) is 0 Å². The minimum atomic E-state index is -0.480. The van der Waals surface area contributed by atoms with E-state index in [1.165, 1.54) is 35.6 Å². The highest BCUT2D eigenvalue weighted by molar-refractivity contribution is 7.18. The first-order valence-electron chi connectivity index (χ1n) is 9.27. The van der Waals surface area contributed by atoms with Gasteiger partial charge in [-0.05, 0) is 36.8 Å². The summed E-state index contributed by atoms with van der Waals surface area (Å²) in [6, 6.07) is 7.19. The van der Waals surface area contributed by atoms with E-state index in [0.717, 1.165) is 5.56 Å². The number of nitrogens with one attached hydrogen (secondary N) is 2. The Morgan fingerprint density at radius 2 is 1.86 bits per heavy atom. The first kappa shape index (κ1) is 20.9. The molecule has 0 spiro atoms. The normalized spacial score (nSPS) is 14.5. The molecule has 0 bridgehead atoms. The summed E-state index contributed by atoms with van der Waals surface area (Å²) in [6.45, 7) is 4.49. The second-order valence-electron chi connectivity index (χ2n) is 6.83. The highest BCUT2D eigenvalue weighted by atomic mass is 32.1. The number of halogens is 1. The van der Waals surface area contributed by atoms with Gasteiger partial charge in [0.15, 0.2) is 0 Å². The maximum atomic E-state index is 13.3. The molecule has 1 aliphatic rings. The molecule has 1 aromatic heterocycles. The Morgan fingerprint density at radius 3 is 2.52 bits per heavy atom. The van der Waals surface area contributed by atoms with Crippen LogP contribution in [0.4, 0.5) is 9.39 Å². The van der Waals surface area contributed by atoms with Crippen LogP contribution in [0.3, 0.4) is 0 Å². The van der Waals surface area contributed by atoms with Crippen molar-refractivity contribution in [3.8, 4) is 0 Å². The monoisotopic (exact) mass is 418 g/mol. The lowest BCUT2D eigenvalue weighted by Gasteiger charge is -2.34. The van der Waals surface area contributed by atoms with Gasteiger partial charge >= 0.3 is 0 Å². The highest BCUT2D eigenvalue weighted by Crippen LogP contribution is 2.28. The van der Waals surface area contributed by atoms with Crippen LogP contribution < -0.4 is 10.6 Å². The lowest BCUT2D eigenvalue weighted by Crippen LogP contribution is -2.50. The van der Waals surface area contributed by atoms with E-state index in [4.69, 9.17) is 0 Å². The molecule has 7 nitrogen and oxygen atoms in total. The number of anilines is 1. The SMILES string of the molecule is CNC(=O)CN1CCN(C(=O)c2sc(NC(=O)c3cccc(F)c3)cc2C)CC1. The summed E-state index contributed by atoms with van der Waals surface area (Å²) in [4.78, 5) is 41.0. The molecule has 3 amide bonds. The summed E-state index contributed by atoms with van der Waals surface area (Å²) in [7, 11) is 1.60. The molecule has 9 heteroatoms. The maximum absolute atomic E-state index is 13.3. The van der Waals surface area contributed by atoms with Crippen molar-refractivity contribution < 1.29 is 18.8 Å². The Labute approximate surface area is 172 Å². The van der Waals surface area contributed by atoms with E-state index < -0.39 is 11.7 Å². The Morgan fingerprint density at radius 1 is 1.14 bits per heavy atom. The van der Waals surface area contributed by atoms with Crippen molar-refractivity contribution in [3.05, 3.63) is 52.2 Å². The number of nitrogens with zero attached hydrogens (tertiary/aromatic N) is 2. The molecule has 0 saturated carbocycles. The number of piperazine rings is 1.